The van der Waals surface area contributed by atoms with E-state index < -0.39 is 17.5 Å². The van der Waals surface area contributed by atoms with Gasteiger partial charge in [0, 0.05) is 6.20 Å². The minimum atomic E-state index is -0.762. The van der Waals surface area contributed by atoms with Gasteiger partial charge in [0.1, 0.15) is 11.4 Å². The number of carbonyl (C=O) groups is 2. The summed E-state index contributed by atoms with van der Waals surface area (Å²) in [5, 5.41) is 11.6. The number of amides is 1. The number of nitrogens with one attached hydrogen (secondary N) is 1. The van der Waals surface area contributed by atoms with Crippen LogP contribution in [0.4, 0.5) is 14.9 Å². The Bertz CT molecular complexity index is 867. The highest BCUT2D eigenvalue weighted by molar-refractivity contribution is 5.98. The molecule has 25 heavy (non-hydrogen) atoms. The van der Waals surface area contributed by atoms with Crippen molar-refractivity contribution in [3.05, 3.63) is 47.4 Å². The van der Waals surface area contributed by atoms with E-state index in [1.54, 1.807) is 20.8 Å². The van der Waals surface area contributed by atoms with Crippen molar-refractivity contribution >= 4 is 18.1 Å². The van der Waals surface area contributed by atoms with Gasteiger partial charge in [0.15, 0.2) is 6.29 Å². The Morgan fingerprint density at radius 3 is 2.68 bits per heavy atom. The summed E-state index contributed by atoms with van der Waals surface area (Å²) >= 11 is 0. The van der Waals surface area contributed by atoms with Crippen LogP contribution in [0.3, 0.4) is 0 Å². The maximum absolute atomic E-state index is 14.2. The van der Waals surface area contributed by atoms with E-state index in [4.69, 9.17) is 4.74 Å². The van der Waals surface area contributed by atoms with Crippen LogP contribution in [-0.2, 0) is 4.74 Å². The molecule has 2 rings (SSSR count). The van der Waals surface area contributed by atoms with Crippen LogP contribution in [-0.4, -0.2) is 23.0 Å². The molecule has 0 radical (unpaired) electrons. The molecule has 0 unspecified atom stereocenters. The van der Waals surface area contributed by atoms with Gasteiger partial charge < -0.3 is 4.74 Å². The normalized spacial score (nSPS) is 10.7. The van der Waals surface area contributed by atoms with E-state index in [-0.39, 0.29) is 28.1 Å². The molecule has 0 aliphatic rings. The van der Waals surface area contributed by atoms with Crippen LogP contribution in [0.5, 0.6) is 0 Å². The van der Waals surface area contributed by atoms with Gasteiger partial charge in [-0.1, -0.05) is 6.07 Å². The molecule has 1 heterocycles. The number of carbonyl (C=O) groups excluding carboxylic acids is 2. The summed E-state index contributed by atoms with van der Waals surface area (Å²) in [5.41, 5.74) is -0.750. The number of ether oxygens (including phenoxy) is 1. The quantitative estimate of drug-likeness (QED) is 0.854. The number of nitrogens with zero attached hydrogens (tertiary/aromatic N) is 2. The molecule has 2 aromatic rings. The number of anilines is 1. The molecule has 0 bridgehead atoms. The summed E-state index contributed by atoms with van der Waals surface area (Å²) in [6.45, 7) is 5.09. The van der Waals surface area contributed by atoms with Crippen LogP contribution < -0.4 is 5.32 Å². The van der Waals surface area contributed by atoms with Gasteiger partial charge in [-0.25, -0.2) is 9.18 Å². The van der Waals surface area contributed by atoms with E-state index in [1.165, 1.54) is 30.5 Å². The zero-order chi connectivity index (χ0) is 18.6. The molecule has 0 saturated heterocycles. The molecule has 0 spiro atoms. The summed E-state index contributed by atoms with van der Waals surface area (Å²) in [6.07, 6.45) is 0.993. The molecule has 0 fully saturated rings. The van der Waals surface area contributed by atoms with Gasteiger partial charge in [0.05, 0.1) is 34.1 Å². The highest BCUT2D eigenvalue weighted by Gasteiger charge is 2.21. The van der Waals surface area contributed by atoms with Crippen molar-refractivity contribution in [2.24, 2.45) is 0 Å². The summed E-state index contributed by atoms with van der Waals surface area (Å²) in [7, 11) is 0. The van der Waals surface area contributed by atoms with E-state index >= 15 is 0 Å². The summed E-state index contributed by atoms with van der Waals surface area (Å²) in [6, 6.07) is 7.24. The monoisotopic (exact) mass is 341 g/mol. The number of aldehydes is 1. The maximum atomic E-state index is 14.2. The lowest BCUT2D eigenvalue weighted by Gasteiger charge is -2.20. The fraction of sp³-hybridized carbons (Fsp3) is 0.222. The zero-order valence-electron chi connectivity index (χ0n) is 14.0. The van der Waals surface area contributed by atoms with Crippen LogP contribution in [0.15, 0.2) is 30.5 Å². The number of hydrogen-bond donors (Lipinski definition) is 1. The standard InChI is InChI=1S/C18H16FN3O3/c1-18(2,3)25-17(24)22-14-7-8-21-16(12(14)10-23)15-11(9-20)5-4-6-13(15)19/h4-8,10H,1-3H3,(H,21,22,24). The molecule has 7 heteroatoms. The van der Waals surface area contributed by atoms with Crippen LogP contribution in [0.1, 0.15) is 36.7 Å². The first-order chi connectivity index (χ1) is 11.8. The highest BCUT2D eigenvalue weighted by Crippen LogP contribution is 2.30. The fourth-order valence-electron chi connectivity index (χ4n) is 2.17. The Hall–Kier alpha value is -3.27. The zero-order valence-corrected chi connectivity index (χ0v) is 14.0. The first-order valence-corrected chi connectivity index (χ1v) is 7.40. The summed E-state index contributed by atoms with van der Waals surface area (Å²) < 4.78 is 19.4. The van der Waals surface area contributed by atoms with Crippen molar-refractivity contribution in [3.63, 3.8) is 0 Å². The van der Waals surface area contributed by atoms with E-state index in [0.29, 0.717) is 6.29 Å². The van der Waals surface area contributed by atoms with Gasteiger partial charge in [-0.05, 0) is 39.0 Å². The number of aromatic nitrogens is 1. The number of pyridine rings is 1. The molecule has 1 aromatic carbocycles. The smallest absolute Gasteiger partial charge is 0.412 e. The van der Waals surface area contributed by atoms with Gasteiger partial charge in [0.2, 0.25) is 0 Å². The number of rotatable bonds is 3. The Kier molecular flexibility index (Phi) is 5.13. The van der Waals surface area contributed by atoms with Gasteiger partial charge in [-0.2, -0.15) is 5.26 Å². The average Bonchev–Trinajstić information content (AvgIpc) is 2.52. The van der Waals surface area contributed by atoms with Crippen LogP contribution in [0, 0.1) is 17.1 Å². The first kappa shape index (κ1) is 18.1. The van der Waals surface area contributed by atoms with E-state index in [0.717, 1.165) is 0 Å². The lowest BCUT2D eigenvalue weighted by atomic mass is 10.00. The molecule has 1 N–H and O–H groups in total. The molecule has 128 valence electrons. The highest BCUT2D eigenvalue weighted by atomic mass is 19.1. The first-order valence-electron chi connectivity index (χ1n) is 7.40. The van der Waals surface area contributed by atoms with Gasteiger partial charge in [-0.15, -0.1) is 0 Å². The van der Waals surface area contributed by atoms with E-state index in [9.17, 15) is 19.2 Å². The minimum Gasteiger partial charge on any atom is -0.444 e. The van der Waals surface area contributed by atoms with Gasteiger partial charge in [-0.3, -0.25) is 15.1 Å². The van der Waals surface area contributed by atoms with Crippen molar-refractivity contribution in [1.82, 2.24) is 4.98 Å². The Morgan fingerprint density at radius 2 is 2.08 bits per heavy atom. The third kappa shape index (κ3) is 4.18. The number of halogens is 1. The largest absolute Gasteiger partial charge is 0.444 e. The van der Waals surface area contributed by atoms with Crippen molar-refractivity contribution < 1.29 is 18.7 Å². The molecule has 1 amide bonds. The molecule has 0 aliphatic carbocycles. The van der Waals surface area contributed by atoms with Gasteiger partial charge >= 0.3 is 6.09 Å². The van der Waals surface area contributed by atoms with Crippen molar-refractivity contribution in [2.45, 2.75) is 26.4 Å². The van der Waals surface area contributed by atoms with Crippen molar-refractivity contribution in [3.8, 4) is 17.3 Å². The van der Waals surface area contributed by atoms with Gasteiger partial charge in [0.25, 0.3) is 0 Å². The third-order valence-corrected chi connectivity index (χ3v) is 3.11. The predicted octanol–water partition coefficient (Wildman–Crippen LogP) is 3.92. The van der Waals surface area contributed by atoms with Crippen LogP contribution in [0.25, 0.3) is 11.3 Å². The second-order valence-corrected chi connectivity index (χ2v) is 6.14. The lowest BCUT2D eigenvalue weighted by Crippen LogP contribution is -2.27. The van der Waals surface area contributed by atoms with Crippen molar-refractivity contribution in [2.75, 3.05) is 5.32 Å². The van der Waals surface area contributed by atoms with E-state index in [2.05, 4.69) is 10.3 Å². The molecular formula is C18H16FN3O3. The maximum Gasteiger partial charge on any atom is 0.412 e. The van der Waals surface area contributed by atoms with E-state index in [1.807, 2.05) is 6.07 Å². The van der Waals surface area contributed by atoms with Crippen LogP contribution in [0.2, 0.25) is 0 Å². The second-order valence-electron chi connectivity index (χ2n) is 6.14. The van der Waals surface area contributed by atoms with Crippen LogP contribution >= 0.6 is 0 Å². The average molecular weight is 341 g/mol. The molecular weight excluding hydrogens is 325 g/mol. The summed E-state index contributed by atoms with van der Waals surface area (Å²) in [5.74, 6) is -0.691. The number of nitriles is 1. The van der Waals surface area contributed by atoms with Crippen molar-refractivity contribution in [1.29, 1.82) is 5.26 Å². The SMILES string of the molecule is CC(C)(C)OC(=O)Nc1ccnc(-c2c(F)cccc2C#N)c1C=O. The molecule has 0 atom stereocenters. The fourth-order valence-corrected chi connectivity index (χ4v) is 2.17. The molecule has 6 nitrogen and oxygen atoms in total. The Balaban J connectivity index is 2.52. The summed E-state index contributed by atoms with van der Waals surface area (Å²) in [4.78, 5) is 27.5. The number of hydrogen-bond acceptors (Lipinski definition) is 5. The Labute approximate surface area is 144 Å². The Morgan fingerprint density at radius 1 is 1.36 bits per heavy atom. The molecule has 1 aromatic heterocycles. The molecule has 0 aliphatic heterocycles. The second kappa shape index (κ2) is 7.09. The minimum absolute atomic E-state index is 0.0294. The predicted molar refractivity (Wildman–Crippen MR) is 89.6 cm³/mol. The number of benzene rings is 1. The third-order valence-electron chi connectivity index (χ3n) is 3.11. The molecule has 0 saturated carbocycles. The lowest BCUT2D eigenvalue weighted by molar-refractivity contribution is 0.0636. The topological polar surface area (TPSA) is 92.1 Å².